The smallest absolute Gasteiger partial charge is 0.330 e. The molecule has 0 saturated carbocycles. The lowest BCUT2D eigenvalue weighted by Crippen LogP contribution is -2.34. The van der Waals surface area contributed by atoms with E-state index >= 15 is 0 Å². The zero-order valence-corrected chi connectivity index (χ0v) is 11.3. The van der Waals surface area contributed by atoms with Crippen molar-refractivity contribution in [3.63, 3.8) is 0 Å². The van der Waals surface area contributed by atoms with Gasteiger partial charge in [0.25, 0.3) is 5.56 Å². The van der Waals surface area contributed by atoms with Crippen molar-refractivity contribution < 1.29 is 14.9 Å². The van der Waals surface area contributed by atoms with Gasteiger partial charge in [-0.1, -0.05) is 6.58 Å². The van der Waals surface area contributed by atoms with E-state index in [-0.39, 0.29) is 12.2 Å². The van der Waals surface area contributed by atoms with Crippen LogP contribution in [0.5, 0.6) is 0 Å². The molecule has 3 N–H and O–H groups in total. The van der Waals surface area contributed by atoms with E-state index in [0.717, 1.165) is 4.57 Å². The third-order valence-corrected chi connectivity index (χ3v) is 3.48. The Labute approximate surface area is 115 Å². The molecule has 7 nitrogen and oxygen atoms in total. The maximum absolute atomic E-state index is 11.7. The number of aromatic amines is 1. The Bertz CT molecular complexity index is 593. The lowest BCUT2D eigenvalue weighted by Gasteiger charge is -2.14. The number of aromatic nitrogens is 2. The number of nitrogens with zero attached hydrogens (tertiary/aromatic N) is 1. The molecule has 2 rings (SSSR count). The Hall–Kier alpha value is -0.970. The second kappa shape index (κ2) is 4.96. The van der Waals surface area contributed by atoms with Gasteiger partial charge in [0.2, 0.25) is 0 Å². The molecule has 0 amide bonds. The number of hydrogen-bond donors (Lipinski definition) is 3. The van der Waals surface area contributed by atoms with Crippen molar-refractivity contribution in [2.45, 2.75) is 18.4 Å². The van der Waals surface area contributed by atoms with Gasteiger partial charge < -0.3 is 14.9 Å². The van der Waals surface area contributed by atoms with Crippen molar-refractivity contribution in [1.82, 2.24) is 9.55 Å². The molecular weight excluding hydrogens is 355 g/mol. The number of hydrogen-bond acceptors (Lipinski definition) is 5. The van der Waals surface area contributed by atoms with Crippen LogP contribution in [0.2, 0.25) is 0 Å². The number of nitrogens with one attached hydrogen (secondary N) is 1. The normalized spacial score (nSPS) is 27.7. The highest BCUT2D eigenvalue weighted by molar-refractivity contribution is 14.1. The fourth-order valence-corrected chi connectivity index (χ4v) is 2.17. The predicted octanol–water partition coefficient (Wildman–Crippen LogP) is -1.05. The van der Waals surface area contributed by atoms with Crippen LogP contribution in [0.4, 0.5) is 0 Å². The summed E-state index contributed by atoms with van der Waals surface area (Å²) in [7, 11) is 0. The summed E-state index contributed by atoms with van der Waals surface area (Å²) < 4.78 is 6.77. The third-order valence-electron chi connectivity index (χ3n) is 2.71. The summed E-state index contributed by atoms with van der Waals surface area (Å²) in [6.45, 7) is 3.26. The van der Waals surface area contributed by atoms with Gasteiger partial charge in [0.05, 0.1) is 10.2 Å². The zero-order chi connectivity index (χ0) is 13.4. The van der Waals surface area contributed by atoms with Crippen LogP contribution in [0.15, 0.2) is 27.9 Å². The third kappa shape index (κ3) is 2.16. The number of aliphatic hydroxyl groups excluding tert-OH is 2. The number of aliphatic hydroxyl groups is 2. The lowest BCUT2D eigenvalue weighted by atomic mass is 10.1. The van der Waals surface area contributed by atoms with Crippen molar-refractivity contribution >= 4 is 22.6 Å². The zero-order valence-electron chi connectivity index (χ0n) is 9.17. The second-order valence-electron chi connectivity index (χ2n) is 3.87. The van der Waals surface area contributed by atoms with Crippen molar-refractivity contribution in [3.05, 3.63) is 42.8 Å². The molecule has 8 heteroatoms. The van der Waals surface area contributed by atoms with E-state index in [1.165, 1.54) is 6.20 Å². The Morgan fingerprint density at radius 2 is 2.22 bits per heavy atom. The Morgan fingerprint density at radius 1 is 1.56 bits per heavy atom. The molecule has 1 aromatic heterocycles. The fraction of sp³-hybridized carbons (Fsp3) is 0.400. The van der Waals surface area contributed by atoms with Crippen LogP contribution in [0.3, 0.4) is 0 Å². The maximum atomic E-state index is 11.7. The Kier molecular flexibility index (Phi) is 3.71. The fourth-order valence-electron chi connectivity index (χ4n) is 1.73. The van der Waals surface area contributed by atoms with E-state index in [1.807, 2.05) is 0 Å². The summed E-state index contributed by atoms with van der Waals surface area (Å²) in [5.74, 6) is 0. The highest BCUT2D eigenvalue weighted by Crippen LogP contribution is 2.31. The number of rotatable bonds is 2. The topological polar surface area (TPSA) is 105 Å². The molecule has 3 atom stereocenters. The average molecular weight is 366 g/mol. The van der Waals surface area contributed by atoms with Crippen LogP contribution in [-0.2, 0) is 4.74 Å². The number of ether oxygens (including phenoxy) is 1. The summed E-state index contributed by atoms with van der Waals surface area (Å²) in [5.41, 5.74) is -0.879. The molecule has 1 saturated heterocycles. The first-order valence-corrected chi connectivity index (χ1v) is 6.17. The first-order valence-electron chi connectivity index (χ1n) is 5.09. The predicted molar refractivity (Wildman–Crippen MR) is 70.2 cm³/mol. The van der Waals surface area contributed by atoms with Crippen molar-refractivity contribution in [1.29, 1.82) is 0 Å². The van der Waals surface area contributed by atoms with E-state index in [2.05, 4.69) is 11.6 Å². The summed E-state index contributed by atoms with van der Waals surface area (Å²) in [6, 6.07) is 0. The van der Waals surface area contributed by atoms with Gasteiger partial charge in [0.1, 0.15) is 12.2 Å². The minimum absolute atomic E-state index is 0.263. The number of H-pyrrole nitrogens is 1. The summed E-state index contributed by atoms with van der Waals surface area (Å²) in [4.78, 5) is 25.0. The summed E-state index contributed by atoms with van der Waals surface area (Å²) >= 11 is 1.78. The molecule has 1 fully saturated rings. The van der Waals surface area contributed by atoms with Gasteiger partial charge in [0, 0.05) is 11.8 Å². The quantitative estimate of drug-likeness (QED) is 0.458. The van der Waals surface area contributed by atoms with Gasteiger partial charge in [-0.25, -0.2) is 4.79 Å². The van der Waals surface area contributed by atoms with E-state index in [9.17, 15) is 14.7 Å². The molecule has 18 heavy (non-hydrogen) atoms. The van der Waals surface area contributed by atoms with Gasteiger partial charge in [-0.05, 0) is 22.6 Å². The van der Waals surface area contributed by atoms with E-state index in [4.69, 9.17) is 9.84 Å². The summed E-state index contributed by atoms with van der Waals surface area (Å²) in [6.07, 6.45) is -1.44. The molecular formula is C10H11IN2O5. The van der Waals surface area contributed by atoms with Gasteiger partial charge in [0.15, 0.2) is 6.23 Å². The highest BCUT2D eigenvalue weighted by Gasteiger charge is 2.38. The molecule has 1 aromatic rings. The highest BCUT2D eigenvalue weighted by atomic mass is 127. The molecule has 0 bridgehead atoms. The second-order valence-corrected chi connectivity index (χ2v) is 5.03. The van der Waals surface area contributed by atoms with Crippen molar-refractivity contribution in [2.75, 3.05) is 6.61 Å². The van der Waals surface area contributed by atoms with Crippen LogP contribution >= 0.6 is 22.6 Å². The molecule has 0 aromatic carbocycles. The van der Waals surface area contributed by atoms with Crippen LogP contribution < -0.4 is 11.2 Å². The minimum Gasteiger partial charge on any atom is -0.394 e. The largest absolute Gasteiger partial charge is 0.394 e. The number of halogens is 1. The Balaban J connectivity index is 2.45. The van der Waals surface area contributed by atoms with Crippen molar-refractivity contribution in [3.8, 4) is 0 Å². The molecule has 0 aliphatic carbocycles. The molecule has 1 aliphatic heterocycles. The molecule has 0 unspecified atom stereocenters. The van der Waals surface area contributed by atoms with Crippen LogP contribution in [0.25, 0.3) is 0 Å². The first-order chi connectivity index (χ1) is 8.45. The van der Waals surface area contributed by atoms with Crippen LogP contribution in [0.1, 0.15) is 6.23 Å². The van der Waals surface area contributed by atoms with Gasteiger partial charge in [-0.15, -0.1) is 0 Å². The molecule has 0 radical (unpaired) electrons. The molecule has 98 valence electrons. The maximum Gasteiger partial charge on any atom is 0.330 e. The Morgan fingerprint density at radius 3 is 2.78 bits per heavy atom. The van der Waals surface area contributed by atoms with Crippen LogP contribution in [0, 0.1) is 3.57 Å². The monoisotopic (exact) mass is 366 g/mol. The SMILES string of the molecule is C=C1[C@H](n2cc(I)c(=O)[nH]c2=O)O[C@H](CO)[C@H]1O. The van der Waals surface area contributed by atoms with Crippen LogP contribution in [-0.4, -0.2) is 38.6 Å². The van der Waals surface area contributed by atoms with Gasteiger partial charge in [-0.2, -0.15) is 0 Å². The minimum atomic E-state index is -1.04. The molecule has 2 heterocycles. The van der Waals surface area contributed by atoms with E-state index in [0.29, 0.717) is 3.57 Å². The lowest BCUT2D eigenvalue weighted by molar-refractivity contribution is -0.0448. The summed E-state index contributed by atoms with van der Waals surface area (Å²) in [5, 5.41) is 18.7. The van der Waals surface area contributed by atoms with E-state index in [1.54, 1.807) is 22.6 Å². The standard InChI is InChI=1S/C10H11IN2O5/c1-4-7(15)6(3-14)18-9(4)13-2-5(11)8(16)12-10(13)17/h2,6-7,9,14-15H,1,3H2,(H,12,16,17)/t6-,7+,9-/m1/s1. The molecule has 0 spiro atoms. The van der Waals surface area contributed by atoms with Gasteiger partial charge >= 0.3 is 5.69 Å². The first kappa shape index (κ1) is 13.5. The van der Waals surface area contributed by atoms with E-state index < -0.39 is 29.7 Å². The average Bonchev–Trinajstić information content (AvgIpc) is 2.61. The molecule has 1 aliphatic rings. The van der Waals surface area contributed by atoms with Gasteiger partial charge in [-0.3, -0.25) is 14.3 Å². The van der Waals surface area contributed by atoms with Crippen molar-refractivity contribution in [2.24, 2.45) is 0 Å².